The molecule has 20 heavy (non-hydrogen) atoms. The monoisotopic (exact) mass is 316 g/mol. The molecule has 0 amide bonds. The van der Waals surface area contributed by atoms with Crippen molar-refractivity contribution in [3.63, 3.8) is 0 Å². The molecule has 0 saturated heterocycles. The molecule has 2 rings (SSSR count). The Morgan fingerprint density at radius 1 is 1.45 bits per heavy atom. The van der Waals surface area contributed by atoms with Crippen molar-refractivity contribution in [3.8, 4) is 0 Å². The van der Waals surface area contributed by atoms with Gasteiger partial charge >= 0.3 is 0 Å². The lowest BCUT2D eigenvalue weighted by atomic mass is 10.1. The molecule has 1 aromatic rings. The number of nitrogen functional groups attached to an aromatic ring is 1. The Labute approximate surface area is 124 Å². The number of ether oxygens (including phenoxy) is 1. The van der Waals surface area contributed by atoms with E-state index in [0.717, 1.165) is 5.57 Å². The maximum atomic E-state index is 12.5. The summed E-state index contributed by atoms with van der Waals surface area (Å²) >= 11 is 5.81. The number of methoxy groups -OCH3 is 1. The van der Waals surface area contributed by atoms with Crippen molar-refractivity contribution in [2.24, 2.45) is 0 Å². The van der Waals surface area contributed by atoms with Crippen LogP contribution in [0.3, 0.4) is 0 Å². The Hall–Kier alpha value is -1.08. The van der Waals surface area contributed by atoms with Gasteiger partial charge in [-0.25, -0.2) is 8.42 Å². The smallest absolute Gasteiger partial charge is 0.243 e. The fourth-order valence-corrected chi connectivity index (χ4v) is 3.59. The third-order valence-corrected chi connectivity index (χ3v) is 5.41. The zero-order chi connectivity index (χ0) is 14.8. The fourth-order valence-electron chi connectivity index (χ4n) is 2.06. The van der Waals surface area contributed by atoms with E-state index in [9.17, 15) is 8.42 Å². The van der Waals surface area contributed by atoms with Crippen LogP contribution in [0.1, 0.15) is 6.42 Å². The minimum atomic E-state index is -3.53. The van der Waals surface area contributed by atoms with Crippen LogP contribution in [0.15, 0.2) is 34.7 Å². The molecule has 0 spiro atoms. The van der Waals surface area contributed by atoms with Crippen LogP contribution in [0.4, 0.5) is 5.69 Å². The van der Waals surface area contributed by atoms with Crippen molar-refractivity contribution >= 4 is 27.3 Å². The Balaban J connectivity index is 2.21. The molecule has 1 heterocycles. The van der Waals surface area contributed by atoms with Crippen LogP contribution in [-0.2, 0) is 14.8 Å². The molecule has 0 saturated carbocycles. The molecular weight excluding hydrogens is 300 g/mol. The summed E-state index contributed by atoms with van der Waals surface area (Å²) in [5.41, 5.74) is 7.05. The van der Waals surface area contributed by atoms with Crippen LogP contribution in [0.2, 0.25) is 5.02 Å². The summed E-state index contributed by atoms with van der Waals surface area (Å²) in [6.07, 6.45) is 2.57. The summed E-state index contributed by atoms with van der Waals surface area (Å²) in [5.74, 6) is 0. The van der Waals surface area contributed by atoms with Gasteiger partial charge in [-0.05, 0) is 30.2 Å². The van der Waals surface area contributed by atoms with E-state index in [1.807, 2.05) is 6.08 Å². The van der Waals surface area contributed by atoms with E-state index in [4.69, 9.17) is 22.1 Å². The first-order valence-electron chi connectivity index (χ1n) is 6.17. The molecule has 0 fully saturated rings. The lowest BCUT2D eigenvalue weighted by molar-refractivity contribution is 0.219. The quantitative estimate of drug-likeness (QED) is 0.680. The SMILES string of the molecule is COCC1=CCN(S(=O)(=O)c2ccc(Cl)c(N)c2)CC1. The maximum Gasteiger partial charge on any atom is 0.243 e. The highest BCUT2D eigenvalue weighted by molar-refractivity contribution is 7.89. The molecule has 0 bridgehead atoms. The van der Waals surface area contributed by atoms with Gasteiger partial charge in [0.1, 0.15) is 0 Å². The topological polar surface area (TPSA) is 72.6 Å². The predicted octanol–water partition coefficient (Wildman–Crippen LogP) is 1.89. The van der Waals surface area contributed by atoms with Crippen LogP contribution in [0.25, 0.3) is 0 Å². The van der Waals surface area contributed by atoms with Crippen molar-refractivity contribution in [2.75, 3.05) is 32.5 Å². The van der Waals surface area contributed by atoms with Gasteiger partial charge in [-0.3, -0.25) is 0 Å². The molecule has 2 N–H and O–H groups in total. The molecule has 110 valence electrons. The number of hydrogen-bond donors (Lipinski definition) is 1. The van der Waals surface area contributed by atoms with E-state index in [1.165, 1.54) is 22.5 Å². The molecule has 0 atom stereocenters. The molecule has 0 radical (unpaired) electrons. The van der Waals surface area contributed by atoms with Gasteiger partial charge in [-0.2, -0.15) is 4.31 Å². The molecule has 0 unspecified atom stereocenters. The van der Waals surface area contributed by atoms with Crippen molar-refractivity contribution in [2.45, 2.75) is 11.3 Å². The molecule has 1 aromatic carbocycles. The molecule has 1 aliphatic heterocycles. The number of anilines is 1. The van der Waals surface area contributed by atoms with Crippen LogP contribution >= 0.6 is 11.6 Å². The number of nitrogens with two attached hydrogens (primary N) is 1. The standard InChI is InChI=1S/C13H17ClN2O3S/c1-19-9-10-4-6-16(7-5-10)20(17,18)11-2-3-12(14)13(15)8-11/h2-4,8H,5-7,9,15H2,1H3. The minimum Gasteiger partial charge on any atom is -0.397 e. The Morgan fingerprint density at radius 3 is 2.75 bits per heavy atom. The van der Waals surface area contributed by atoms with Crippen molar-refractivity contribution in [1.29, 1.82) is 0 Å². The van der Waals surface area contributed by atoms with Crippen LogP contribution < -0.4 is 5.73 Å². The summed E-state index contributed by atoms with van der Waals surface area (Å²) in [4.78, 5) is 0.169. The van der Waals surface area contributed by atoms with Gasteiger partial charge in [0, 0.05) is 20.2 Å². The molecular formula is C13H17ClN2O3S. The van der Waals surface area contributed by atoms with Crippen LogP contribution in [0.5, 0.6) is 0 Å². The van der Waals surface area contributed by atoms with Crippen molar-refractivity contribution in [1.82, 2.24) is 4.31 Å². The Kier molecular flexibility index (Phi) is 4.70. The third kappa shape index (κ3) is 3.15. The number of hydrogen-bond acceptors (Lipinski definition) is 4. The average molecular weight is 317 g/mol. The van der Waals surface area contributed by atoms with E-state index in [2.05, 4.69) is 0 Å². The number of rotatable bonds is 4. The lowest BCUT2D eigenvalue weighted by Gasteiger charge is -2.25. The van der Waals surface area contributed by atoms with Crippen LogP contribution in [0, 0.1) is 0 Å². The van der Waals surface area contributed by atoms with E-state index >= 15 is 0 Å². The number of halogens is 1. The first-order chi connectivity index (χ1) is 9.45. The molecule has 5 nitrogen and oxygen atoms in total. The highest BCUT2D eigenvalue weighted by Crippen LogP contribution is 2.26. The van der Waals surface area contributed by atoms with Gasteiger partial charge < -0.3 is 10.5 Å². The second kappa shape index (κ2) is 6.13. The summed E-state index contributed by atoms with van der Waals surface area (Å²) in [6, 6.07) is 4.37. The number of nitrogens with zero attached hydrogens (tertiary/aromatic N) is 1. The van der Waals surface area contributed by atoms with E-state index in [0.29, 0.717) is 31.1 Å². The van der Waals surface area contributed by atoms with Gasteiger partial charge in [0.15, 0.2) is 0 Å². The minimum absolute atomic E-state index is 0.169. The van der Waals surface area contributed by atoms with Crippen LogP contribution in [-0.4, -0.2) is 39.5 Å². The number of sulfonamides is 1. The van der Waals surface area contributed by atoms with Gasteiger partial charge in [-0.15, -0.1) is 0 Å². The Morgan fingerprint density at radius 2 is 2.20 bits per heavy atom. The first-order valence-corrected chi connectivity index (χ1v) is 7.99. The Bertz CT molecular complexity index is 629. The molecule has 0 aliphatic carbocycles. The average Bonchev–Trinajstić information content (AvgIpc) is 2.43. The maximum absolute atomic E-state index is 12.5. The van der Waals surface area contributed by atoms with E-state index < -0.39 is 10.0 Å². The second-order valence-electron chi connectivity index (χ2n) is 4.59. The summed E-state index contributed by atoms with van der Waals surface area (Å²) in [6.45, 7) is 1.34. The first kappa shape index (κ1) is 15.3. The summed E-state index contributed by atoms with van der Waals surface area (Å²) < 4.78 is 31.4. The van der Waals surface area contributed by atoms with Crippen molar-refractivity contribution < 1.29 is 13.2 Å². The van der Waals surface area contributed by atoms with Gasteiger partial charge in [0.05, 0.1) is 22.2 Å². The van der Waals surface area contributed by atoms with Gasteiger partial charge in [-0.1, -0.05) is 17.7 Å². The largest absolute Gasteiger partial charge is 0.397 e. The number of benzene rings is 1. The lowest BCUT2D eigenvalue weighted by Crippen LogP contribution is -2.35. The van der Waals surface area contributed by atoms with Gasteiger partial charge in [0.2, 0.25) is 10.0 Å². The summed E-state index contributed by atoms with van der Waals surface area (Å²) in [5, 5.41) is 0.352. The van der Waals surface area contributed by atoms with Crippen molar-refractivity contribution in [3.05, 3.63) is 34.9 Å². The normalized spacial score (nSPS) is 17.0. The van der Waals surface area contributed by atoms with E-state index in [-0.39, 0.29) is 10.6 Å². The zero-order valence-corrected chi connectivity index (χ0v) is 12.7. The highest BCUT2D eigenvalue weighted by Gasteiger charge is 2.26. The predicted molar refractivity (Wildman–Crippen MR) is 79.2 cm³/mol. The summed E-state index contributed by atoms with van der Waals surface area (Å²) in [7, 11) is -1.90. The highest BCUT2D eigenvalue weighted by atomic mass is 35.5. The molecule has 7 heteroatoms. The molecule has 0 aromatic heterocycles. The fraction of sp³-hybridized carbons (Fsp3) is 0.385. The van der Waals surface area contributed by atoms with Gasteiger partial charge in [0.25, 0.3) is 0 Å². The second-order valence-corrected chi connectivity index (χ2v) is 6.94. The third-order valence-electron chi connectivity index (χ3n) is 3.20. The van der Waals surface area contributed by atoms with E-state index in [1.54, 1.807) is 7.11 Å². The molecule has 1 aliphatic rings. The zero-order valence-electron chi connectivity index (χ0n) is 11.2.